The van der Waals surface area contributed by atoms with Crippen molar-refractivity contribution in [2.75, 3.05) is 39.8 Å². The molecular formula is C14H27N3O. The average molecular weight is 253 g/mol. The van der Waals surface area contributed by atoms with Crippen molar-refractivity contribution < 1.29 is 4.79 Å². The Kier molecular flexibility index (Phi) is 5.45. The van der Waals surface area contributed by atoms with Gasteiger partial charge in [-0.1, -0.05) is 0 Å². The Morgan fingerprint density at radius 1 is 1.22 bits per heavy atom. The fourth-order valence-corrected chi connectivity index (χ4v) is 3.03. The first-order chi connectivity index (χ1) is 8.77. The van der Waals surface area contributed by atoms with E-state index < -0.39 is 0 Å². The van der Waals surface area contributed by atoms with Gasteiger partial charge >= 0.3 is 0 Å². The van der Waals surface area contributed by atoms with Crippen LogP contribution in [0.15, 0.2) is 0 Å². The summed E-state index contributed by atoms with van der Waals surface area (Å²) in [6.45, 7) is 5.48. The van der Waals surface area contributed by atoms with Gasteiger partial charge in [0, 0.05) is 26.1 Å². The predicted molar refractivity (Wildman–Crippen MR) is 73.6 cm³/mol. The number of rotatable bonds is 4. The summed E-state index contributed by atoms with van der Waals surface area (Å²) in [7, 11) is 1.99. The zero-order valence-electron chi connectivity index (χ0n) is 11.7. The molecule has 1 amide bonds. The van der Waals surface area contributed by atoms with Gasteiger partial charge in [0.1, 0.15) is 0 Å². The molecule has 0 aromatic heterocycles. The molecule has 2 fully saturated rings. The van der Waals surface area contributed by atoms with Crippen molar-refractivity contribution >= 4 is 5.91 Å². The molecule has 2 rings (SSSR count). The highest BCUT2D eigenvalue weighted by Crippen LogP contribution is 2.14. The molecule has 104 valence electrons. The van der Waals surface area contributed by atoms with Crippen LogP contribution < -0.4 is 5.32 Å². The van der Waals surface area contributed by atoms with Gasteiger partial charge < -0.3 is 15.1 Å². The first kappa shape index (κ1) is 13.8. The maximum Gasteiger partial charge on any atom is 0.223 e. The Hall–Kier alpha value is -0.610. The molecular weight excluding hydrogens is 226 g/mol. The van der Waals surface area contributed by atoms with E-state index in [0.29, 0.717) is 18.4 Å². The fourth-order valence-electron chi connectivity index (χ4n) is 3.03. The van der Waals surface area contributed by atoms with Crippen LogP contribution in [0, 0.1) is 0 Å². The lowest BCUT2D eigenvalue weighted by atomic mass is 10.1. The normalized spacial score (nSPS) is 25.9. The minimum absolute atomic E-state index is 0.328. The summed E-state index contributed by atoms with van der Waals surface area (Å²) in [5.74, 6) is 0.328. The minimum Gasteiger partial charge on any atom is -0.343 e. The number of hydrogen-bond acceptors (Lipinski definition) is 3. The van der Waals surface area contributed by atoms with E-state index in [2.05, 4.69) is 10.2 Å². The van der Waals surface area contributed by atoms with Crippen LogP contribution in [0.25, 0.3) is 0 Å². The highest BCUT2D eigenvalue weighted by atomic mass is 16.2. The summed E-state index contributed by atoms with van der Waals surface area (Å²) >= 11 is 0. The largest absolute Gasteiger partial charge is 0.343 e. The predicted octanol–water partition coefficient (Wildman–Crippen LogP) is 1.07. The van der Waals surface area contributed by atoms with Gasteiger partial charge in [0.15, 0.2) is 0 Å². The second-order valence-electron chi connectivity index (χ2n) is 5.64. The lowest BCUT2D eigenvalue weighted by molar-refractivity contribution is -0.132. The SMILES string of the molecule is CN(C(=O)CCN1CCCC1)C1CCCNCC1. The molecule has 1 N–H and O–H groups in total. The second-order valence-corrected chi connectivity index (χ2v) is 5.64. The number of likely N-dealkylation sites (tertiary alicyclic amines) is 1. The number of amides is 1. The van der Waals surface area contributed by atoms with Crippen LogP contribution in [0.2, 0.25) is 0 Å². The fraction of sp³-hybridized carbons (Fsp3) is 0.929. The van der Waals surface area contributed by atoms with Gasteiger partial charge in [-0.3, -0.25) is 4.79 Å². The standard InChI is InChI=1S/C14H27N3O/c1-16(13-5-4-8-15-9-6-13)14(18)7-12-17-10-2-3-11-17/h13,15H,2-12H2,1H3. The molecule has 2 heterocycles. The molecule has 0 aliphatic carbocycles. The van der Waals surface area contributed by atoms with Crippen LogP contribution >= 0.6 is 0 Å². The van der Waals surface area contributed by atoms with Gasteiger partial charge in [0.25, 0.3) is 0 Å². The molecule has 2 aliphatic rings. The number of nitrogens with one attached hydrogen (secondary N) is 1. The van der Waals surface area contributed by atoms with Crippen molar-refractivity contribution in [2.24, 2.45) is 0 Å². The summed E-state index contributed by atoms with van der Waals surface area (Å²) in [5, 5.41) is 3.40. The van der Waals surface area contributed by atoms with Crippen molar-refractivity contribution in [3.8, 4) is 0 Å². The van der Waals surface area contributed by atoms with Crippen molar-refractivity contribution in [3.63, 3.8) is 0 Å². The van der Waals surface area contributed by atoms with Crippen molar-refractivity contribution in [2.45, 2.75) is 44.6 Å². The Morgan fingerprint density at radius 2 is 2.00 bits per heavy atom. The lowest BCUT2D eigenvalue weighted by Gasteiger charge is -2.28. The Labute approximate surface area is 111 Å². The van der Waals surface area contributed by atoms with Crippen LogP contribution in [-0.2, 0) is 4.79 Å². The van der Waals surface area contributed by atoms with Gasteiger partial charge in [0.05, 0.1) is 0 Å². The Bertz CT molecular complexity index is 256. The summed E-state index contributed by atoms with van der Waals surface area (Å²) < 4.78 is 0. The third-order valence-electron chi connectivity index (χ3n) is 4.33. The van der Waals surface area contributed by atoms with Crippen LogP contribution in [0.4, 0.5) is 0 Å². The molecule has 0 radical (unpaired) electrons. The van der Waals surface area contributed by atoms with Crippen LogP contribution in [-0.4, -0.2) is 61.5 Å². The second kappa shape index (κ2) is 7.10. The van der Waals surface area contributed by atoms with Crippen LogP contribution in [0.3, 0.4) is 0 Å². The average Bonchev–Trinajstić information content (AvgIpc) is 2.75. The number of hydrogen-bond donors (Lipinski definition) is 1. The molecule has 0 aromatic rings. The topological polar surface area (TPSA) is 35.6 Å². The molecule has 2 saturated heterocycles. The molecule has 1 atom stereocenters. The third-order valence-corrected chi connectivity index (χ3v) is 4.33. The van der Waals surface area contributed by atoms with E-state index in [1.807, 2.05) is 11.9 Å². The summed E-state index contributed by atoms with van der Waals surface area (Å²) in [6.07, 6.45) is 6.75. The smallest absolute Gasteiger partial charge is 0.223 e. The van der Waals surface area contributed by atoms with Crippen molar-refractivity contribution in [1.82, 2.24) is 15.1 Å². The quantitative estimate of drug-likeness (QED) is 0.814. The summed E-state index contributed by atoms with van der Waals surface area (Å²) in [4.78, 5) is 16.6. The van der Waals surface area contributed by atoms with E-state index in [9.17, 15) is 4.79 Å². The van der Waals surface area contributed by atoms with Gasteiger partial charge in [-0.2, -0.15) is 0 Å². The molecule has 1 unspecified atom stereocenters. The van der Waals surface area contributed by atoms with Gasteiger partial charge in [-0.15, -0.1) is 0 Å². The molecule has 2 aliphatic heterocycles. The molecule has 0 bridgehead atoms. The summed E-state index contributed by atoms with van der Waals surface area (Å²) in [6, 6.07) is 0.450. The van der Waals surface area contributed by atoms with E-state index >= 15 is 0 Å². The monoisotopic (exact) mass is 253 g/mol. The molecule has 4 nitrogen and oxygen atoms in total. The van der Waals surface area contributed by atoms with Gasteiger partial charge in [-0.25, -0.2) is 0 Å². The lowest BCUT2D eigenvalue weighted by Crippen LogP contribution is -2.39. The van der Waals surface area contributed by atoms with E-state index in [1.54, 1.807) is 0 Å². The molecule has 0 spiro atoms. The highest BCUT2D eigenvalue weighted by molar-refractivity contribution is 5.76. The van der Waals surface area contributed by atoms with E-state index in [4.69, 9.17) is 0 Å². The molecule has 0 aromatic carbocycles. The zero-order chi connectivity index (χ0) is 12.8. The maximum atomic E-state index is 12.2. The number of carbonyl (C=O) groups excluding carboxylic acids is 1. The van der Waals surface area contributed by atoms with E-state index in [0.717, 1.165) is 32.5 Å². The molecule has 4 heteroatoms. The van der Waals surface area contributed by atoms with Crippen LogP contribution in [0.5, 0.6) is 0 Å². The first-order valence-electron chi connectivity index (χ1n) is 7.46. The zero-order valence-corrected chi connectivity index (χ0v) is 11.7. The van der Waals surface area contributed by atoms with Crippen LogP contribution in [0.1, 0.15) is 38.5 Å². The van der Waals surface area contributed by atoms with Crippen molar-refractivity contribution in [1.29, 1.82) is 0 Å². The highest BCUT2D eigenvalue weighted by Gasteiger charge is 2.21. The minimum atomic E-state index is 0.328. The number of carbonyl (C=O) groups is 1. The third kappa shape index (κ3) is 3.95. The Morgan fingerprint density at radius 3 is 2.78 bits per heavy atom. The van der Waals surface area contributed by atoms with Gasteiger partial charge in [-0.05, 0) is 58.3 Å². The molecule has 0 saturated carbocycles. The first-order valence-corrected chi connectivity index (χ1v) is 7.46. The van der Waals surface area contributed by atoms with Crippen molar-refractivity contribution in [3.05, 3.63) is 0 Å². The van der Waals surface area contributed by atoms with Gasteiger partial charge in [0.2, 0.25) is 5.91 Å². The summed E-state index contributed by atoms with van der Waals surface area (Å²) in [5.41, 5.74) is 0. The van der Waals surface area contributed by atoms with E-state index in [1.165, 1.54) is 32.4 Å². The maximum absolute atomic E-state index is 12.2. The Balaban J connectivity index is 1.72. The number of nitrogens with zero attached hydrogens (tertiary/aromatic N) is 2. The van der Waals surface area contributed by atoms with E-state index in [-0.39, 0.29) is 0 Å². The molecule has 18 heavy (non-hydrogen) atoms.